The van der Waals surface area contributed by atoms with E-state index in [1.165, 1.54) is 64.2 Å². The molecule has 0 bridgehead atoms. The van der Waals surface area contributed by atoms with Crippen LogP contribution in [0, 0.1) is 5.41 Å². The van der Waals surface area contributed by atoms with E-state index in [1.54, 1.807) is 0 Å². The van der Waals surface area contributed by atoms with Gasteiger partial charge < -0.3 is 5.43 Å². The van der Waals surface area contributed by atoms with Crippen molar-refractivity contribution in [2.45, 2.75) is 77.2 Å². The summed E-state index contributed by atoms with van der Waals surface area (Å²) in [4.78, 5) is 4.95. The second-order valence-electron chi connectivity index (χ2n) is 6.04. The molecule has 2 rings (SSSR count). The van der Waals surface area contributed by atoms with Gasteiger partial charge in [0.15, 0.2) is 0 Å². The number of nitrogens with two attached hydrogens (primary N) is 1. The van der Waals surface area contributed by atoms with Crippen molar-refractivity contribution in [1.29, 1.82) is 0 Å². The van der Waals surface area contributed by atoms with Crippen LogP contribution in [0.1, 0.15) is 71.1 Å². The third-order valence-corrected chi connectivity index (χ3v) is 4.55. The zero-order valence-corrected chi connectivity index (χ0v) is 11.2. The van der Waals surface area contributed by atoms with Crippen LogP contribution in [0.5, 0.6) is 0 Å². The predicted octanol–water partition coefficient (Wildman–Crippen LogP) is 3.15. The van der Waals surface area contributed by atoms with E-state index < -0.39 is 0 Å². The van der Waals surface area contributed by atoms with E-state index in [4.69, 9.17) is 10.8 Å². The van der Waals surface area contributed by atoms with Gasteiger partial charge in [0, 0.05) is 5.41 Å². The molecule has 3 nitrogen and oxygen atoms in total. The summed E-state index contributed by atoms with van der Waals surface area (Å²) in [6.07, 6.45) is 13.1. The number of hydrazine groups is 1. The minimum Gasteiger partial charge on any atom is -0.312 e. The summed E-state index contributed by atoms with van der Waals surface area (Å²) in [7, 11) is 0. The number of rotatable bonds is 2. The predicted molar refractivity (Wildman–Crippen MR) is 72.8 cm³/mol. The molecule has 0 aliphatic heterocycles. The van der Waals surface area contributed by atoms with Crippen molar-refractivity contribution in [2.75, 3.05) is 0 Å². The molecule has 0 aromatic carbocycles. The maximum atomic E-state index is 5.71. The normalized spacial score (nSPS) is 26.8. The molecule has 0 saturated heterocycles. The Morgan fingerprint density at radius 2 is 1.65 bits per heavy atom. The van der Waals surface area contributed by atoms with Gasteiger partial charge in [0.25, 0.3) is 0 Å². The Morgan fingerprint density at radius 1 is 1.06 bits per heavy atom. The maximum Gasteiger partial charge on any atom is 0.117 e. The summed E-state index contributed by atoms with van der Waals surface area (Å²) in [6.45, 7) is 2.31. The van der Waals surface area contributed by atoms with Crippen LogP contribution in [-0.2, 0) is 0 Å². The van der Waals surface area contributed by atoms with Crippen molar-refractivity contribution in [3.8, 4) is 0 Å². The lowest BCUT2D eigenvalue weighted by Crippen LogP contribution is -2.42. The Morgan fingerprint density at radius 3 is 2.18 bits per heavy atom. The van der Waals surface area contributed by atoms with Crippen LogP contribution in [-0.4, -0.2) is 11.9 Å². The zero-order valence-electron chi connectivity index (χ0n) is 11.2. The van der Waals surface area contributed by atoms with Gasteiger partial charge in [-0.15, -0.1) is 0 Å². The first kappa shape index (κ1) is 12.9. The molecule has 2 aliphatic carbocycles. The Bertz CT molecular complexity index is 259. The van der Waals surface area contributed by atoms with Gasteiger partial charge in [-0.3, -0.25) is 4.99 Å². The van der Waals surface area contributed by atoms with Crippen molar-refractivity contribution in [1.82, 2.24) is 5.43 Å². The highest BCUT2D eigenvalue weighted by Crippen LogP contribution is 2.38. The zero-order chi connectivity index (χ0) is 12.1. The van der Waals surface area contributed by atoms with Crippen molar-refractivity contribution in [2.24, 2.45) is 16.3 Å². The monoisotopic (exact) mass is 237 g/mol. The molecule has 0 amide bonds. The fraction of sp³-hybridized carbons (Fsp3) is 0.929. The standard InChI is InChI=1S/C14H27N3/c1-14(10-6-7-11-14)13(17-15)16-12-8-4-2-3-5-9-12/h12H,2-11,15H2,1H3,(H,16,17). The molecule has 3 heteroatoms. The van der Waals surface area contributed by atoms with Crippen molar-refractivity contribution in [3.05, 3.63) is 0 Å². The molecule has 0 heterocycles. The third kappa shape index (κ3) is 3.21. The Labute approximate surface area is 105 Å². The first-order valence-electron chi connectivity index (χ1n) is 7.29. The lowest BCUT2D eigenvalue weighted by molar-refractivity contribution is 0.459. The highest BCUT2D eigenvalue weighted by atomic mass is 15.3. The summed E-state index contributed by atoms with van der Waals surface area (Å²) in [5.41, 5.74) is 3.13. The van der Waals surface area contributed by atoms with E-state index in [9.17, 15) is 0 Å². The lowest BCUT2D eigenvalue weighted by atomic mass is 9.87. The molecule has 98 valence electrons. The number of amidine groups is 1. The summed E-state index contributed by atoms with van der Waals surface area (Å²) >= 11 is 0. The number of nitrogens with zero attached hydrogens (tertiary/aromatic N) is 1. The summed E-state index contributed by atoms with van der Waals surface area (Å²) in [6, 6.07) is 0.515. The highest BCUT2D eigenvalue weighted by Gasteiger charge is 2.34. The SMILES string of the molecule is CC1(C(=NC2CCCCCC2)NN)CCCC1. The Kier molecular flexibility index (Phi) is 4.43. The fourth-order valence-corrected chi connectivity index (χ4v) is 3.33. The summed E-state index contributed by atoms with van der Waals surface area (Å²) < 4.78 is 0. The van der Waals surface area contributed by atoms with E-state index >= 15 is 0 Å². The summed E-state index contributed by atoms with van der Waals surface area (Å²) in [5.74, 6) is 6.78. The molecule has 0 unspecified atom stereocenters. The van der Waals surface area contributed by atoms with E-state index in [0.717, 1.165) is 5.84 Å². The van der Waals surface area contributed by atoms with Gasteiger partial charge in [0.2, 0.25) is 0 Å². The van der Waals surface area contributed by atoms with Crippen LogP contribution >= 0.6 is 0 Å². The van der Waals surface area contributed by atoms with Gasteiger partial charge >= 0.3 is 0 Å². The number of hydrogen-bond acceptors (Lipinski definition) is 2. The quantitative estimate of drug-likeness (QED) is 0.255. The van der Waals surface area contributed by atoms with E-state index in [2.05, 4.69) is 12.3 Å². The first-order chi connectivity index (χ1) is 8.24. The largest absolute Gasteiger partial charge is 0.312 e. The molecular weight excluding hydrogens is 210 g/mol. The number of aliphatic imine (C=N–C) groups is 1. The van der Waals surface area contributed by atoms with E-state index in [1.807, 2.05) is 0 Å². The van der Waals surface area contributed by atoms with Gasteiger partial charge in [-0.25, -0.2) is 5.84 Å². The summed E-state index contributed by atoms with van der Waals surface area (Å²) in [5, 5.41) is 0. The van der Waals surface area contributed by atoms with Gasteiger partial charge in [-0.2, -0.15) is 0 Å². The van der Waals surface area contributed by atoms with Crippen molar-refractivity contribution in [3.63, 3.8) is 0 Å². The van der Waals surface area contributed by atoms with Crippen LogP contribution < -0.4 is 11.3 Å². The van der Waals surface area contributed by atoms with Crippen LogP contribution in [0.4, 0.5) is 0 Å². The molecule has 17 heavy (non-hydrogen) atoms. The lowest BCUT2D eigenvalue weighted by Gasteiger charge is -2.27. The second-order valence-corrected chi connectivity index (χ2v) is 6.04. The molecular formula is C14H27N3. The third-order valence-electron chi connectivity index (χ3n) is 4.55. The molecule has 0 aromatic rings. The molecule has 0 radical (unpaired) electrons. The molecule has 2 saturated carbocycles. The maximum absolute atomic E-state index is 5.71. The first-order valence-corrected chi connectivity index (χ1v) is 7.29. The average Bonchev–Trinajstić information content (AvgIpc) is 2.63. The molecule has 2 aliphatic rings. The van der Waals surface area contributed by atoms with Crippen molar-refractivity contribution < 1.29 is 0 Å². The fourth-order valence-electron chi connectivity index (χ4n) is 3.33. The van der Waals surface area contributed by atoms with Gasteiger partial charge in [-0.05, 0) is 25.7 Å². The smallest absolute Gasteiger partial charge is 0.117 e. The van der Waals surface area contributed by atoms with Crippen molar-refractivity contribution >= 4 is 5.84 Å². The molecule has 0 atom stereocenters. The minimum atomic E-state index is 0.223. The van der Waals surface area contributed by atoms with Gasteiger partial charge in [0.05, 0.1) is 6.04 Å². The van der Waals surface area contributed by atoms with Gasteiger partial charge in [0.1, 0.15) is 5.84 Å². The van der Waals surface area contributed by atoms with E-state index in [-0.39, 0.29) is 5.41 Å². The number of hydrogen-bond donors (Lipinski definition) is 2. The Hall–Kier alpha value is -0.570. The number of nitrogens with one attached hydrogen (secondary N) is 1. The minimum absolute atomic E-state index is 0.223. The van der Waals surface area contributed by atoms with Crippen LogP contribution in [0.25, 0.3) is 0 Å². The molecule has 3 N–H and O–H groups in total. The van der Waals surface area contributed by atoms with Crippen LogP contribution in [0.2, 0.25) is 0 Å². The molecule has 0 aromatic heterocycles. The molecule has 2 fully saturated rings. The Balaban J connectivity index is 2.05. The average molecular weight is 237 g/mol. The highest BCUT2D eigenvalue weighted by molar-refractivity contribution is 5.87. The van der Waals surface area contributed by atoms with E-state index in [0.29, 0.717) is 6.04 Å². The van der Waals surface area contributed by atoms with Crippen LogP contribution in [0.3, 0.4) is 0 Å². The van der Waals surface area contributed by atoms with Gasteiger partial charge in [-0.1, -0.05) is 45.4 Å². The van der Waals surface area contributed by atoms with Crippen LogP contribution in [0.15, 0.2) is 4.99 Å². The molecule has 0 spiro atoms. The topological polar surface area (TPSA) is 50.4 Å². The second kappa shape index (κ2) is 5.85.